The van der Waals surface area contributed by atoms with E-state index in [0.717, 1.165) is 24.3 Å². The lowest BCUT2D eigenvalue weighted by Gasteiger charge is -2.22. The predicted octanol–water partition coefficient (Wildman–Crippen LogP) is 5.32. The monoisotopic (exact) mass is 366 g/mol. The van der Waals surface area contributed by atoms with Crippen LogP contribution in [0.4, 0.5) is 13.2 Å². The maximum atomic E-state index is 12.6. The molecule has 0 aliphatic carbocycles. The van der Waals surface area contributed by atoms with Crippen molar-refractivity contribution in [3.8, 4) is 0 Å². The first kappa shape index (κ1) is 20.9. The third-order valence-corrected chi connectivity index (χ3v) is 5.15. The zero-order valence-corrected chi connectivity index (χ0v) is 15.0. The molecule has 0 radical (unpaired) electrons. The molecular weight excluding hydrogens is 344 g/mol. The summed E-state index contributed by atoms with van der Waals surface area (Å²) >= 11 is 0. The Morgan fingerprint density at radius 1 is 1.04 bits per heavy atom. The van der Waals surface area contributed by atoms with Crippen molar-refractivity contribution in [3.63, 3.8) is 0 Å². The van der Waals surface area contributed by atoms with Crippen LogP contribution >= 0.6 is 7.60 Å². The summed E-state index contributed by atoms with van der Waals surface area (Å²) in [6.45, 7) is 6.81. The normalized spacial score (nSPS) is 12.9. The standard InChI is InChI=1S/C16H22F3O4P/c1-11(2)22-24(21,23-12(3)4)10-9-15(20)13-5-7-14(8-6-13)16(17,18)19/h5-8,11-12H,9-10H2,1-4H3. The molecule has 8 heteroatoms. The second-order valence-corrected chi connectivity index (χ2v) is 7.98. The van der Waals surface area contributed by atoms with Crippen molar-refractivity contribution in [2.75, 3.05) is 6.16 Å². The summed E-state index contributed by atoms with van der Waals surface area (Å²) in [7, 11) is -3.44. The van der Waals surface area contributed by atoms with Gasteiger partial charge in [-0.05, 0) is 39.8 Å². The topological polar surface area (TPSA) is 52.6 Å². The van der Waals surface area contributed by atoms with Crippen LogP contribution in [0.5, 0.6) is 0 Å². The van der Waals surface area contributed by atoms with Gasteiger partial charge in [0.25, 0.3) is 0 Å². The highest BCUT2D eigenvalue weighted by Gasteiger charge is 2.31. The van der Waals surface area contributed by atoms with Crippen molar-refractivity contribution in [2.45, 2.75) is 52.5 Å². The zero-order chi connectivity index (χ0) is 18.5. The van der Waals surface area contributed by atoms with Crippen LogP contribution in [0.25, 0.3) is 0 Å². The molecule has 4 nitrogen and oxygen atoms in total. The van der Waals surface area contributed by atoms with Crippen molar-refractivity contribution >= 4 is 13.4 Å². The van der Waals surface area contributed by atoms with Crippen molar-refractivity contribution < 1.29 is 31.6 Å². The van der Waals surface area contributed by atoms with Gasteiger partial charge in [-0.15, -0.1) is 0 Å². The van der Waals surface area contributed by atoms with Gasteiger partial charge < -0.3 is 9.05 Å². The number of ketones is 1. The van der Waals surface area contributed by atoms with Crippen LogP contribution < -0.4 is 0 Å². The number of Topliss-reactive ketones (excluding diaryl/α,β-unsaturated/α-hetero) is 1. The molecular formula is C16H22F3O4P. The Bertz CT molecular complexity index is 580. The largest absolute Gasteiger partial charge is 0.416 e. The molecule has 1 aromatic rings. The molecule has 0 amide bonds. The molecule has 0 spiro atoms. The molecule has 24 heavy (non-hydrogen) atoms. The van der Waals surface area contributed by atoms with Crippen molar-refractivity contribution in [3.05, 3.63) is 35.4 Å². The fraction of sp³-hybridized carbons (Fsp3) is 0.562. The molecule has 0 fully saturated rings. The number of carbonyl (C=O) groups is 1. The number of rotatable bonds is 8. The third kappa shape index (κ3) is 6.75. The van der Waals surface area contributed by atoms with Gasteiger partial charge in [-0.3, -0.25) is 9.36 Å². The summed E-state index contributed by atoms with van der Waals surface area (Å²) in [5, 5.41) is 0. The summed E-state index contributed by atoms with van der Waals surface area (Å²) in [6, 6.07) is 3.93. The zero-order valence-electron chi connectivity index (χ0n) is 14.1. The van der Waals surface area contributed by atoms with Crippen molar-refractivity contribution in [2.24, 2.45) is 0 Å². The summed E-state index contributed by atoms with van der Waals surface area (Å²) in [5.41, 5.74) is -0.695. The lowest BCUT2D eigenvalue weighted by atomic mass is 10.1. The molecule has 0 atom stereocenters. The number of alkyl halides is 3. The van der Waals surface area contributed by atoms with Gasteiger partial charge in [-0.1, -0.05) is 12.1 Å². The van der Waals surface area contributed by atoms with Crippen LogP contribution in [-0.4, -0.2) is 24.2 Å². The van der Waals surface area contributed by atoms with E-state index in [-0.39, 0.29) is 30.4 Å². The molecule has 0 aromatic heterocycles. The Balaban J connectivity index is 2.77. The fourth-order valence-electron chi connectivity index (χ4n) is 2.00. The van der Waals surface area contributed by atoms with Gasteiger partial charge in [-0.25, -0.2) is 0 Å². The van der Waals surface area contributed by atoms with Gasteiger partial charge in [0.2, 0.25) is 0 Å². The second kappa shape index (κ2) is 8.28. The van der Waals surface area contributed by atoms with Crippen LogP contribution in [0.2, 0.25) is 0 Å². The molecule has 0 N–H and O–H groups in total. The maximum absolute atomic E-state index is 12.6. The highest BCUT2D eigenvalue weighted by molar-refractivity contribution is 7.53. The molecule has 0 saturated heterocycles. The number of hydrogen-bond donors (Lipinski definition) is 0. The average Bonchev–Trinajstić information content (AvgIpc) is 2.42. The predicted molar refractivity (Wildman–Crippen MR) is 85.3 cm³/mol. The fourth-order valence-corrected chi connectivity index (χ4v) is 4.02. The van der Waals surface area contributed by atoms with Crippen LogP contribution in [0.1, 0.15) is 50.0 Å². The van der Waals surface area contributed by atoms with Crippen LogP contribution in [0.3, 0.4) is 0 Å². The first-order valence-corrected chi connectivity index (χ1v) is 9.32. The minimum Gasteiger partial charge on any atom is -0.306 e. The molecule has 0 bridgehead atoms. The molecule has 0 aliphatic heterocycles. The minimum absolute atomic E-state index is 0.122. The molecule has 136 valence electrons. The molecule has 0 heterocycles. The SMILES string of the molecule is CC(C)OP(=O)(CCC(=O)c1ccc(C(F)(F)F)cc1)OC(C)C. The van der Waals surface area contributed by atoms with Crippen LogP contribution in [0.15, 0.2) is 24.3 Å². The van der Waals surface area contributed by atoms with Crippen LogP contribution in [0, 0.1) is 0 Å². The lowest BCUT2D eigenvalue weighted by Crippen LogP contribution is -2.12. The van der Waals surface area contributed by atoms with E-state index in [9.17, 15) is 22.5 Å². The number of halogens is 3. The highest BCUT2D eigenvalue weighted by Crippen LogP contribution is 2.51. The van der Waals surface area contributed by atoms with Crippen molar-refractivity contribution in [1.82, 2.24) is 0 Å². The van der Waals surface area contributed by atoms with Gasteiger partial charge in [0, 0.05) is 12.0 Å². The van der Waals surface area contributed by atoms with Crippen molar-refractivity contribution in [1.29, 1.82) is 0 Å². The Morgan fingerprint density at radius 3 is 1.88 bits per heavy atom. The van der Waals surface area contributed by atoms with E-state index in [1.165, 1.54) is 0 Å². The van der Waals surface area contributed by atoms with Gasteiger partial charge in [0.05, 0.1) is 23.9 Å². The van der Waals surface area contributed by atoms with E-state index < -0.39 is 25.1 Å². The van der Waals surface area contributed by atoms with Crippen LogP contribution in [-0.2, 0) is 19.8 Å². The average molecular weight is 366 g/mol. The van der Waals surface area contributed by atoms with E-state index >= 15 is 0 Å². The Hall–Kier alpha value is -1.17. The van der Waals surface area contributed by atoms with E-state index in [2.05, 4.69) is 0 Å². The summed E-state index contributed by atoms with van der Waals surface area (Å²) in [4.78, 5) is 12.1. The van der Waals surface area contributed by atoms with E-state index in [4.69, 9.17) is 9.05 Å². The molecule has 0 aliphatic rings. The first-order valence-electron chi connectivity index (χ1n) is 7.59. The molecule has 0 unspecified atom stereocenters. The second-order valence-electron chi connectivity index (χ2n) is 5.89. The molecule has 0 saturated carbocycles. The summed E-state index contributed by atoms with van der Waals surface area (Å²) < 4.78 is 60.8. The molecule has 1 aromatic carbocycles. The van der Waals surface area contributed by atoms with Gasteiger partial charge in [0.1, 0.15) is 0 Å². The summed E-state index contributed by atoms with van der Waals surface area (Å²) in [5.74, 6) is -0.413. The number of benzene rings is 1. The van der Waals surface area contributed by atoms with E-state index in [1.54, 1.807) is 27.7 Å². The number of carbonyl (C=O) groups excluding carboxylic acids is 1. The lowest BCUT2D eigenvalue weighted by molar-refractivity contribution is -0.137. The Morgan fingerprint density at radius 2 is 1.50 bits per heavy atom. The van der Waals surface area contributed by atoms with Gasteiger partial charge in [-0.2, -0.15) is 13.2 Å². The quantitative estimate of drug-likeness (QED) is 0.461. The van der Waals surface area contributed by atoms with Gasteiger partial charge >= 0.3 is 13.8 Å². The molecule has 1 rings (SSSR count). The number of hydrogen-bond acceptors (Lipinski definition) is 4. The smallest absolute Gasteiger partial charge is 0.306 e. The Kier molecular flexibility index (Phi) is 7.20. The van der Waals surface area contributed by atoms with E-state index in [0.29, 0.717) is 0 Å². The highest BCUT2D eigenvalue weighted by atomic mass is 31.2. The minimum atomic E-state index is -4.45. The van der Waals surface area contributed by atoms with Gasteiger partial charge in [0.15, 0.2) is 5.78 Å². The Labute approximate surface area is 139 Å². The first-order chi connectivity index (χ1) is 10.9. The maximum Gasteiger partial charge on any atom is 0.416 e. The van der Waals surface area contributed by atoms with E-state index in [1.807, 2.05) is 0 Å². The summed E-state index contributed by atoms with van der Waals surface area (Å²) in [6.07, 6.45) is -5.38. The third-order valence-electron chi connectivity index (χ3n) is 2.89.